The van der Waals surface area contributed by atoms with Crippen molar-refractivity contribution in [3.05, 3.63) is 58.3 Å². The van der Waals surface area contributed by atoms with Crippen LogP contribution >= 0.6 is 11.3 Å². The minimum Gasteiger partial charge on any atom is -0.310 e. The summed E-state index contributed by atoms with van der Waals surface area (Å²) >= 11 is 1.89. The highest BCUT2D eigenvalue weighted by Crippen LogP contribution is 2.49. The summed E-state index contributed by atoms with van der Waals surface area (Å²) in [5, 5.41) is 2.18. The molecule has 2 aromatic rings. The predicted octanol–water partition coefficient (Wildman–Crippen LogP) is 5.05. The van der Waals surface area contributed by atoms with Crippen LogP contribution in [0.5, 0.6) is 0 Å². The Bertz CT molecular complexity index is 490. The zero-order chi connectivity index (χ0) is 15.1. The van der Waals surface area contributed by atoms with Crippen molar-refractivity contribution in [3.8, 4) is 0 Å². The van der Waals surface area contributed by atoms with Crippen molar-refractivity contribution in [1.82, 2.24) is 4.90 Å². The molecule has 1 fully saturated rings. The van der Waals surface area contributed by atoms with Crippen molar-refractivity contribution < 1.29 is 0 Å². The molecule has 0 aliphatic heterocycles. The Morgan fingerprint density at radius 2 is 1.81 bits per heavy atom. The Morgan fingerprint density at radius 3 is 2.38 bits per heavy atom. The lowest BCUT2D eigenvalue weighted by atomic mass is 10.1. The van der Waals surface area contributed by atoms with Gasteiger partial charge in [0.2, 0.25) is 0 Å². The van der Waals surface area contributed by atoms with Gasteiger partial charge < -0.3 is 4.90 Å². The van der Waals surface area contributed by atoms with Crippen LogP contribution in [-0.2, 0) is 6.42 Å². The van der Waals surface area contributed by atoms with E-state index in [0.717, 1.165) is 18.4 Å². The van der Waals surface area contributed by atoms with E-state index in [1.54, 1.807) is 10.4 Å². The topological polar surface area (TPSA) is 3.24 Å². The molecule has 114 valence electrons. The highest BCUT2D eigenvalue weighted by Gasteiger charge is 2.37. The van der Waals surface area contributed by atoms with Crippen LogP contribution < -0.4 is 0 Å². The standard InChI is InChI=1S/C15H16S.C4H11N/c1-2-5-12(6-3-1)15-11-13(15)8-9-14-7-4-10-16-14;1-4-5(2)3/h1-7,10,13,15H,8-9,11H2;4H2,1-3H3. The van der Waals surface area contributed by atoms with Gasteiger partial charge in [-0.15, -0.1) is 11.3 Å². The first kappa shape index (κ1) is 16.3. The molecule has 0 saturated heterocycles. The number of nitrogens with zero attached hydrogens (tertiary/aromatic N) is 1. The van der Waals surface area contributed by atoms with E-state index in [1.807, 2.05) is 11.3 Å². The van der Waals surface area contributed by atoms with Crippen LogP contribution in [0.1, 0.15) is 36.1 Å². The number of hydrogen-bond donors (Lipinski definition) is 0. The van der Waals surface area contributed by atoms with Gasteiger partial charge in [-0.2, -0.15) is 0 Å². The number of hydrogen-bond acceptors (Lipinski definition) is 2. The molecule has 1 aliphatic rings. The van der Waals surface area contributed by atoms with Crippen molar-refractivity contribution >= 4 is 11.3 Å². The van der Waals surface area contributed by atoms with Gasteiger partial charge >= 0.3 is 0 Å². The van der Waals surface area contributed by atoms with Crippen molar-refractivity contribution in [1.29, 1.82) is 0 Å². The van der Waals surface area contributed by atoms with Crippen molar-refractivity contribution in [2.24, 2.45) is 5.92 Å². The van der Waals surface area contributed by atoms with Crippen molar-refractivity contribution in [2.75, 3.05) is 20.6 Å². The summed E-state index contributed by atoms with van der Waals surface area (Å²) in [5.74, 6) is 1.78. The molecule has 1 nitrogen and oxygen atoms in total. The smallest absolute Gasteiger partial charge is 0.00453 e. The maximum absolute atomic E-state index is 2.27. The summed E-state index contributed by atoms with van der Waals surface area (Å²) in [5.41, 5.74) is 1.54. The Hall–Kier alpha value is -1.12. The monoisotopic (exact) mass is 301 g/mol. The molecule has 2 unspecified atom stereocenters. The molecule has 2 atom stereocenters. The maximum atomic E-state index is 2.27. The Kier molecular flexibility index (Phi) is 6.47. The molecular formula is C19H27NS. The first-order valence-corrected chi connectivity index (χ1v) is 8.80. The van der Waals surface area contributed by atoms with E-state index in [-0.39, 0.29) is 0 Å². The second-order valence-electron chi connectivity index (χ2n) is 6.03. The summed E-state index contributed by atoms with van der Waals surface area (Å²) in [4.78, 5) is 3.67. The van der Waals surface area contributed by atoms with E-state index in [2.05, 4.69) is 73.8 Å². The number of aryl methyl sites for hydroxylation is 1. The lowest BCUT2D eigenvalue weighted by Crippen LogP contribution is -2.08. The second-order valence-corrected chi connectivity index (χ2v) is 7.06. The highest BCUT2D eigenvalue weighted by atomic mass is 32.1. The summed E-state index contributed by atoms with van der Waals surface area (Å²) in [7, 11) is 4.11. The van der Waals surface area contributed by atoms with E-state index < -0.39 is 0 Å². The van der Waals surface area contributed by atoms with E-state index in [9.17, 15) is 0 Å². The van der Waals surface area contributed by atoms with Gasteiger partial charge in [0.1, 0.15) is 0 Å². The van der Waals surface area contributed by atoms with Crippen LogP contribution in [0.2, 0.25) is 0 Å². The fraction of sp³-hybridized carbons (Fsp3) is 0.474. The lowest BCUT2D eigenvalue weighted by molar-refractivity contribution is 0.434. The molecule has 0 N–H and O–H groups in total. The molecule has 1 aromatic carbocycles. The van der Waals surface area contributed by atoms with E-state index in [0.29, 0.717) is 0 Å². The molecule has 1 heterocycles. The zero-order valence-corrected chi connectivity index (χ0v) is 14.3. The van der Waals surface area contributed by atoms with Crippen molar-refractivity contribution in [2.45, 2.75) is 32.1 Å². The van der Waals surface area contributed by atoms with Crippen LogP contribution in [0.15, 0.2) is 47.8 Å². The third kappa shape index (κ3) is 5.64. The first-order chi connectivity index (χ1) is 10.2. The number of thiophene rings is 1. The van der Waals surface area contributed by atoms with Gasteiger partial charge in [-0.1, -0.05) is 43.3 Å². The molecule has 0 bridgehead atoms. The van der Waals surface area contributed by atoms with Crippen LogP contribution in [0, 0.1) is 5.92 Å². The highest BCUT2D eigenvalue weighted by molar-refractivity contribution is 7.09. The molecule has 0 radical (unpaired) electrons. The SMILES string of the molecule is CCN(C)C.c1ccc(C2CC2CCc2cccs2)cc1. The summed E-state index contributed by atoms with van der Waals surface area (Å²) in [6.07, 6.45) is 4.03. The van der Waals surface area contributed by atoms with Crippen LogP contribution in [0.25, 0.3) is 0 Å². The molecule has 1 saturated carbocycles. The molecule has 21 heavy (non-hydrogen) atoms. The summed E-state index contributed by atoms with van der Waals surface area (Å²) in [6.45, 7) is 3.26. The zero-order valence-electron chi connectivity index (χ0n) is 13.5. The Balaban J connectivity index is 0.000000282. The second kappa shape index (κ2) is 8.35. The van der Waals surface area contributed by atoms with E-state index >= 15 is 0 Å². The van der Waals surface area contributed by atoms with Crippen LogP contribution in [-0.4, -0.2) is 25.5 Å². The summed E-state index contributed by atoms with van der Waals surface area (Å²) < 4.78 is 0. The molecule has 2 heteroatoms. The largest absolute Gasteiger partial charge is 0.310 e. The third-order valence-corrected chi connectivity index (χ3v) is 5.06. The van der Waals surface area contributed by atoms with E-state index in [1.165, 1.54) is 19.3 Å². The number of rotatable bonds is 5. The molecule has 3 rings (SSSR count). The maximum Gasteiger partial charge on any atom is 0.00453 e. The van der Waals surface area contributed by atoms with Crippen molar-refractivity contribution in [3.63, 3.8) is 0 Å². The summed E-state index contributed by atoms with van der Waals surface area (Å²) in [6, 6.07) is 15.4. The quantitative estimate of drug-likeness (QED) is 0.747. The van der Waals surface area contributed by atoms with Gasteiger partial charge in [0, 0.05) is 4.88 Å². The van der Waals surface area contributed by atoms with E-state index in [4.69, 9.17) is 0 Å². The number of benzene rings is 1. The Labute approximate surface area is 133 Å². The van der Waals surface area contributed by atoms with Gasteiger partial charge in [0.25, 0.3) is 0 Å². The first-order valence-electron chi connectivity index (χ1n) is 7.92. The molecule has 0 spiro atoms. The predicted molar refractivity (Wildman–Crippen MR) is 94.2 cm³/mol. The molecule has 0 amide bonds. The average molecular weight is 301 g/mol. The van der Waals surface area contributed by atoms with Crippen LogP contribution in [0.4, 0.5) is 0 Å². The van der Waals surface area contributed by atoms with Gasteiger partial charge in [-0.3, -0.25) is 0 Å². The minimum atomic E-state index is 0.848. The van der Waals surface area contributed by atoms with Gasteiger partial charge in [0.05, 0.1) is 0 Å². The van der Waals surface area contributed by atoms with Crippen LogP contribution in [0.3, 0.4) is 0 Å². The fourth-order valence-corrected chi connectivity index (χ4v) is 3.18. The van der Waals surface area contributed by atoms with Gasteiger partial charge in [0.15, 0.2) is 0 Å². The minimum absolute atomic E-state index is 0.848. The fourth-order valence-electron chi connectivity index (χ4n) is 2.46. The average Bonchev–Trinajstić information content (AvgIpc) is 3.11. The molecular weight excluding hydrogens is 274 g/mol. The van der Waals surface area contributed by atoms with Gasteiger partial charge in [-0.25, -0.2) is 0 Å². The van der Waals surface area contributed by atoms with Gasteiger partial charge in [-0.05, 0) is 68.7 Å². The normalized spacial score (nSPS) is 20.0. The molecule has 1 aromatic heterocycles. The molecule has 1 aliphatic carbocycles. The third-order valence-electron chi connectivity index (χ3n) is 4.12. The lowest BCUT2D eigenvalue weighted by Gasteiger charge is -2.00. The Morgan fingerprint density at radius 1 is 1.10 bits per heavy atom.